The maximum absolute atomic E-state index is 12.3. The van der Waals surface area contributed by atoms with Crippen molar-refractivity contribution in [1.29, 1.82) is 0 Å². The Morgan fingerprint density at radius 1 is 1.14 bits per heavy atom. The lowest BCUT2D eigenvalue weighted by Crippen LogP contribution is -2.48. The van der Waals surface area contributed by atoms with Gasteiger partial charge in [0, 0.05) is 9.13 Å². The van der Waals surface area contributed by atoms with Crippen molar-refractivity contribution in [2.75, 3.05) is 6.61 Å². The maximum atomic E-state index is 12.3. The van der Waals surface area contributed by atoms with E-state index in [-0.39, 0.29) is 11.0 Å². The molecule has 0 spiro atoms. The Labute approximate surface area is 191 Å². The van der Waals surface area contributed by atoms with Crippen molar-refractivity contribution >= 4 is 67.7 Å². The van der Waals surface area contributed by atoms with E-state index in [0.717, 1.165) is 3.57 Å². The zero-order valence-electron chi connectivity index (χ0n) is 15.2. The first-order valence-corrected chi connectivity index (χ1v) is 10.6. The van der Waals surface area contributed by atoms with Gasteiger partial charge in [-0.15, -0.1) is 0 Å². The number of hydrogen-bond acceptors (Lipinski definition) is 4. The van der Waals surface area contributed by atoms with Gasteiger partial charge >= 0.3 is 0 Å². The first kappa shape index (κ1) is 22.6. The fraction of sp³-hybridized carbons (Fsp3) is 0.211. The third-order valence-electron chi connectivity index (χ3n) is 3.40. The van der Waals surface area contributed by atoms with Crippen molar-refractivity contribution in [3.8, 4) is 5.75 Å². The smallest absolute Gasteiger partial charge is 0.270 e. The van der Waals surface area contributed by atoms with Gasteiger partial charge < -0.3 is 4.74 Å². The highest BCUT2D eigenvalue weighted by Crippen LogP contribution is 2.26. The van der Waals surface area contributed by atoms with Gasteiger partial charge in [0.05, 0.1) is 16.6 Å². The van der Waals surface area contributed by atoms with E-state index >= 15 is 0 Å². The molecule has 0 saturated heterocycles. The number of thiocarbonyl (C=S) groups is 1. The molecule has 0 radical (unpaired) electrons. The van der Waals surface area contributed by atoms with Crippen molar-refractivity contribution < 1.29 is 14.3 Å². The van der Waals surface area contributed by atoms with Crippen LogP contribution in [-0.4, -0.2) is 23.5 Å². The molecule has 6 nitrogen and oxygen atoms in total. The van der Waals surface area contributed by atoms with E-state index in [1.165, 1.54) is 0 Å². The van der Waals surface area contributed by atoms with E-state index in [0.29, 0.717) is 33.9 Å². The van der Waals surface area contributed by atoms with Crippen LogP contribution in [-0.2, 0) is 0 Å². The third-order valence-corrected chi connectivity index (χ3v) is 5.17. The van der Waals surface area contributed by atoms with Gasteiger partial charge in [-0.2, -0.15) is 0 Å². The number of nitrogens with one attached hydrogen (secondary N) is 3. The van der Waals surface area contributed by atoms with Gasteiger partial charge in [0.2, 0.25) is 0 Å². The monoisotopic (exact) mass is 575 g/mol. The van der Waals surface area contributed by atoms with Crippen LogP contribution in [0.2, 0.25) is 0 Å². The maximum Gasteiger partial charge on any atom is 0.270 e. The normalized spacial score (nSPS) is 10.3. The second-order valence-electron chi connectivity index (χ2n) is 6.19. The minimum atomic E-state index is -0.405. The molecule has 0 aromatic heterocycles. The Bertz CT molecular complexity index is 892. The molecule has 0 fully saturated rings. The Hall–Kier alpha value is -1.72. The van der Waals surface area contributed by atoms with E-state index in [1.54, 1.807) is 30.3 Å². The van der Waals surface area contributed by atoms with Gasteiger partial charge in [-0.05, 0) is 87.0 Å². The topological polar surface area (TPSA) is 79.5 Å². The number of hydrogen-bond donors (Lipinski definition) is 3. The number of amides is 2. The summed E-state index contributed by atoms with van der Waals surface area (Å²) in [5.41, 5.74) is 5.90. The molecule has 9 heteroatoms. The zero-order valence-corrected chi connectivity index (χ0v) is 19.8. The molecule has 3 N–H and O–H groups in total. The molecule has 0 saturated carbocycles. The van der Waals surface area contributed by atoms with E-state index in [2.05, 4.69) is 68.5 Å². The zero-order chi connectivity index (χ0) is 20.7. The molecule has 2 rings (SSSR count). The average Bonchev–Trinajstić information content (AvgIpc) is 2.65. The number of halogens is 2. The summed E-state index contributed by atoms with van der Waals surface area (Å²) in [5, 5.41) is 2.50. The molecule has 0 atom stereocenters. The molecule has 2 aromatic rings. The number of benzene rings is 2. The summed E-state index contributed by atoms with van der Waals surface area (Å²) in [7, 11) is 0. The van der Waals surface area contributed by atoms with Crippen LogP contribution in [0, 0.1) is 9.49 Å². The molecule has 2 aromatic carbocycles. The van der Waals surface area contributed by atoms with Crippen molar-refractivity contribution in [2.45, 2.75) is 13.8 Å². The molecule has 0 aliphatic rings. The van der Waals surface area contributed by atoms with Crippen molar-refractivity contribution in [2.24, 2.45) is 5.92 Å². The predicted octanol–water partition coefficient (Wildman–Crippen LogP) is 4.04. The summed E-state index contributed by atoms with van der Waals surface area (Å²) < 4.78 is 7.14. The van der Waals surface area contributed by atoms with Gasteiger partial charge in [0.25, 0.3) is 11.8 Å². The Balaban J connectivity index is 1.90. The lowest BCUT2D eigenvalue weighted by Gasteiger charge is -2.13. The second kappa shape index (κ2) is 10.7. The minimum absolute atomic E-state index is 0.0134. The molecule has 0 unspecified atom stereocenters. The minimum Gasteiger partial charge on any atom is -0.492 e. The summed E-state index contributed by atoms with van der Waals surface area (Å²) in [6, 6.07) is 12.1. The first-order valence-electron chi connectivity index (χ1n) is 8.36. The van der Waals surface area contributed by atoms with Gasteiger partial charge in [-0.3, -0.25) is 25.8 Å². The lowest BCUT2D eigenvalue weighted by atomic mass is 10.2. The fourth-order valence-electron chi connectivity index (χ4n) is 2.05. The molecule has 148 valence electrons. The van der Waals surface area contributed by atoms with Crippen LogP contribution in [0.15, 0.2) is 46.9 Å². The highest BCUT2D eigenvalue weighted by Gasteiger charge is 2.13. The van der Waals surface area contributed by atoms with Crippen LogP contribution >= 0.6 is 50.7 Å². The highest BCUT2D eigenvalue weighted by molar-refractivity contribution is 14.1. The molecular formula is C19H19BrIN3O3S. The number of carbonyl (C=O) groups excluding carboxylic acids is 2. The van der Waals surface area contributed by atoms with Crippen molar-refractivity contribution in [1.82, 2.24) is 16.2 Å². The number of ether oxygens (including phenoxy) is 1. The Kier molecular flexibility index (Phi) is 8.64. The van der Waals surface area contributed by atoms with Gasteiger partial charge in [0.1, 0.15) is 5.75 Å². The van der Waals surface area contributed by atoms with Gasteiger partial charge in [-0.25, -0.2) is 0 Å². The van der Waals surface area contributed by atoms with E-state index in [4.69, 9.17) is 17.0 Å². The van der Waals surface area contributed by atoms with Crippen LogP contribution in [0.4, 0.5) is 0 Å². The molecule has 0 aliphatic heterocycles. The van der Waals surface area contributed by atoms with Crippen LogP contribution in [0.25, 0.3) is 0 Å². The highest BCUT2D eigenvalue weighted by atomic mass is 127. The molecule has 28 heavy (non-hydrogen) atoms. The van der Waals surface area contributed by atoms with Gasteiger partial charge in [-0.1, -0.05) is 26.0 Å². The molecule has 2 amide bonds. The number of hydrazine groups is 1. The molecular weight excluding hydrogens is 557 g/mol. The fourth-order valence-corrected chi connectivity index (χ4v) is 3.32. The SMILES string of the molecule is CC(C)COc1ccc(C(=O)NC(=S)NNC(=O)c2ccccc2I)cc1Br. The predicted molar refractivity (Wildman–Crippen MR) is 124 cm³/mol. The standard InChI is InChI=1S/C19H19BrIN3O3S/c1-11(2)10-27-16-8-7-12(9-14(16)20)17(25)22-19(28)24-23-18(26)13-5-3-4-6-15(13)21/h3-9,11H,10H2,1-2H3,(H,23,26)(H2,22,24,25,28). The summed E-state index contributed by atoms with van der Waals surface area (Å²) in [4.78, 5) is 24.5. The number of rotatable bonds is 5. The van der Waals surface area contributed by atoms with E-state index in [1.807, 2.05) is 12.1 Å². The summed E-state index contributed by atoms with van der Waals surface area (Å²) >= 11 is 10.5. The quantitative estimate of drug-likeness (QED) is 0.285. The van der Waals surface area contributed by atoms with Crippen molar-refractivity contribution in [3.05, 3.63) is 61.6 Å². The molecule has 0 heterocycles. The second-order valence-corrected chi connectivity index (χ2v) is 8.62. The largest absolute Gasteiger partial charge is 0.492 e. The van der Waals surface area contributed by atoms with Crippen LogP contribution in [0.5, 0.6) is 5.75 Å². The molecule has 0 bridgehead atoms. The summed E-state index contributed by atoms with van der Waals surface area (Å²) in [6.07, 6.45) is 0. The lowest BCUT2D eigenvalue weighted by molar-refractivity contribution is 0.0934. The van der Waals surface area contributed by atoms with E-state index < -0.39 is 5.91 Å². The first-order chi connectivity index (χ1) is 13.3. The Morgan fingerprint density at radius 3 is 2.50 bits per heavy atom. The van der Waals surface area contributed by atoms with Crippen LogP contribution in [0.1, 0.15) is 34.6 Å². The molecule has 0 aliphatic carbocycles. The number of carbonyl (C=O) groups is 2. The van der Waals surface area contributed by atoms with Crippen LogP contribution < -0.4 is 20.9 Å². The van der Waals surface area contributed by atoms with E-state index in [9.17, 15) is 9.59 Å². The Morgan fingerprint density at radius 2 is 1.86 bits per heavy atom. The van der Waals surface area contributed by atoms with Crippen LogP contribution in [0.3, 0.4) is 0 Å². The van der Waals surface area contributed by atoms with Gasteiger partial charge in [0.15, 0.2) is 5.11 Å². The van der Waals surface area contributed by atoms with Crippen molar-refractivity contribution in [3.63, 3.8) is 0 Å². The average molecular weight is 576 g/mol. The summed E-state index contributed by atoms with van der Waals surface area (Å²) in [5.74, 6) is 0.302. The summed E-state index contributed by atoms with van der Waals surface area (Å²) in [6.45, 7) is 4.69. The third kappa shape index (κ3) is 6.71.